The van der Waals surface area contributed by atoms with E-state index in [1.165, 1.54) is 16.3 Å². The van der Waals surface area contributed by atoms with Gasteiger partial charge >= 0.3 is 11.8 Å². The van der Waals surface area contributed by atoms with Crippen LogP contribution in [0.1, 0.15) is 29.3 Å². The molecule has 4 rings (SSSR count). The van der Waals surface area contributed by atoms with E-state index in [0.717, 1.165) is 30.8 Å². The first-order valence-electron chi connectivity index (χ1n) is 10.0. The minimum Gasteiger partial charge on any atom is -0.346 e. The van der Waals surface area contributed by atoms with Crippen LogP contribution in [0.4, 0.5) is 0 Å². The molecule has 3 aromatic rings. The minimum atomic E-state index is -0.587. The molecule has 2 N–H and O–H groups in total. The first-order chi connectivity index (χ1) is 14.2. The maximum Gasteiger partial charge on any atom is 0.309 e. The number of likely N-dealkylation sites (tertiary alicyclic amines) is 1. The van der Waals surface area contributed by atoms with Gasteiger partial charge in [0.05, 0.1) is 12.6 Å². The third kappa shape index (κ3) is 4.66. The van der Waals surface area contributed by atoms with E-state index in [0.29, 0.717) is 13.1 Å². The van der Waals surface area contributed by atoms with E-state index in [-0.39, 0.29) is 6.04 Å². The Bertz CT molecular complexity index is 975. The van der Waals surface area contributed by atoms with Gasteiger partial charge in [-0.1, -0.05) is 48.5 Å². The molecule has 1 unspecified atom stereocenters. The van der Waals surface area contributed by atoms with Crippen LogP contribution in [0.2, 0.25) is 0 Å². The molecule has 0 aliphatic carbocycles. The second-order valence-corrected chi connectivity index (χ2v) is 8.33. The van der Waals surface area contributed by atoms with E-state index in [4.69, 9.17) is 0 Å². The normalized spacial score (nSPS) is 15.3. The molecule has 6 heteroatoms. The van der Waals surface area contributed by atoms with Crippen LogP contribution in [-0.2, 0) is 16.1 Å². The number of nitrogens with zero attached hydrogens (tertiary/aromatic N) is 1. The van der Waals surface area contributed by atoms with Crippen molar-refractivity contribution >= 4 is 33.9 Å². The van der Waals surface area contributed by atoms with Gasteiger partial charge in [0.25, 0.3) is 0 Å². The van der Waals surface area contributed by atoms with Crippen LogP contribution in [0.15, 0.2) is 60.0 Å². The highest BCUT2D eigenvalue weighted by atomic mass is 32.1. The lowest BCUT2D eigenvalue weighted by Gasteiger charge is -2.29. The Morgan fingerprint density at radius 1 is 0.931 bits per heavy atom. The van der Waals surface area contributed by atoms with Crippen molar-refractivity contribution in [2.75, 3.05) is 19.6 Å². The highest BCUT2D eigenvalue weighted by Crippen LogP contribution is 2.30. The van der Waals surface area contributed by atoms with E-state index in [9.17, 15) is 9.59 Å². The van der Waals surface area contributed by atoms with Crippen molar-refractivity contribution in [3.8, 4) is 0 Å². The molecule has 2 heterocycles. The third-order valence-corrected chi connectivity index (χ3v) is 6.31. The maximum atomic E-state index is 12.4. The lowest BCUT2D eigenvalue weighted by atomic mass is 9.97. The fourth-order valence-electron chi connectivity index (χ4n) is 3.96. The van der Waals surface area contributed by atoms with Gasteiger partial charge in [-0.15, -0.1) is 11.3 Å². The second-order valence-electron chi connectivity index (χ2n) is 7.30. The van der Waals surface area contributed by atoms with Gasteiger partial charge in [0.1, 0.15) is 0 Å². The van der Waals surface area contributed by atoms with Crippen LogP contribution in [-0.4, -0.2) is 36.3 Å². The standard InChI is InChI=1S/C23H25N3O2S/c27-22(24-15-18-9-6-14-29-18)23(28)25-16-21(26-12-3-4-13-26)20-11-5-8-17-7-1-2-10-19(17)20/h1-2,5-11,14,21H,3-4,12-13,15-16H2,(H,24,27)(H,25,28). The fourth-order valence-corrected chi connectivity index (χ4v) is 4.61. The molecule has 29 heavy (non-hydrogen) atoms. The van der Waals surface area contributed by atoms with Crippen LogP contribution in [0, 0.1) is 0 Å². The molecule has 2 aromatic carbocycles. The summed E-state index contributed by atoms with van der Waals surface area (Å²) in [7, 11) is 0. The molecule has 0 spiro atoms. The summed E-state index contributed by atoms with van der Waals surface area (Å²) in [5.74, 6) is -1.16. The number of amides is 2. The number of rotatable bonds is 6. The zero-order valence-electron chi connectivity index (χ0n) is 16.3. The molecule has 0 bridgehead atoms. The number of fused-ring (bicyclic) bond motifs is 1. The Kier molecular flexibility index (Phi) is 6.22. The average molecular weight is 408 g/mol. The van der Waals surface area contributed by atoms with Crippen LogP contribution in [0.25, 0.3) is 10.8 Å². The van der Waals surface area contributed by atoms with Crippen LogP contribution in [0.3, 0.4) is 0 Å². The quantitative estimate of drug-likeness (QED) is 0.615. The number of hydrogen-bond donors (Lipinski definition) is 2. The molecular formula is C23H25N3O2S. The van der Waals surface area contributed by atoms with Crippen LogP contribution < -0.4 is 10.6 Å². The van der Waals surface area contributed by atoms with Crippen LogP contribution in [0.5, 0.6) is 0 Å². The van der Waals surface area contributed by atoms with E-state index < -0.39 is 11.8 Å². The van der Waals surface area contributed by atoms with E-state index >= 15 is 0 Å². The highest BCUT2D eigenvalue weighted by Gasteiger charge is 2.26. The zero-order chi connectivity index (χ0) is 20.1. The SMILES string of the molecule is O=C(NCc1cccs1)C(=O)NCC(c1cccc2ccccc12)N1CCCC1. The van der Waals surface area contributed by atoms with Crippen molar-refractivity contribution in [1.29, 1.82) is 0 Å². The number of carbonyl (C=O) groups excluding carboxylic acids is 2. The lowest BCUT2D eigenvalue weighted by Crippen LogP contribution is -2.43. The molecule has 1 atom stereocenters. The molecule has 5 nitrogen and oxygen atoms in total. The predicted molar refractivity (Wildman–Crippen MR) is 117 cm³/mol. The summed E-state index contributed by atoms with van der Waals surface area (Å²) in [5.41, 5.74) is 1.20. The van der Waals surface area contributed by atoms with E-state index in [1.54, 1.807) is 11.3 Å². The summed E-state index contributed by atoms with van der Waals surface area (Å²) in [4.78, 5) is 28.0. The van der Waals surface area contributed by atoms with Gasteiger partial charge < -0.3 is 10.6 Å². The number of thiophene rings is 1. The maximum absolute atomic E-state index is 12.4. The molecule has 0 saturated carbocycles. The molecule has 1 fully saturated rings. The largest absolute Gasteiger partial charge is 0.346 e. The van der Waals surface area contributed by atoms with Gasteiger partial charge in [-0.2, -0.15) is 0 Å². The zero-order valence-corrected chi connectivity index (χ0v) is 17.1. The molecule has 0 radical (unpaired) electrons. The first-order valence-corrected chi connectivity index (χ1v) is 10.9. The molecule has 1 aliphatic heterocycles. The molecular weight excluding hydrogens is 382 g/mol. The molecule has 150 valence electrons. The summed E-state index contributed by atoms with van der Waals surface area (Å²) in [6.07, 6.45) is 2.33. The number of nitrogens with one attached hydrogen (secondary N) is 2. The summed E-state index contributed by atoms with van der Waals surface area (Å²) >= 11 is 1.56. The van der Waals surface area contributed by atoms with Crippen molar-refractivity contribution in [3.63, 3.8) is 0 Å². The highest BCUT2D eigenvalue weighted by molar-refractivity contribution is 7.09. The number of benzene rings is 2. The monoisotopic (exact) mass is 407 g/mol. The van der Waals surface area contributed by atoms with Gasteiger partial charge in [-0.05, 0) is 53.7 Å². The Morgan fingerprint density at radius 2 is 1.69 bits per heavy atom. The summed E-state index contributed by atoms with van der Waals surface area (Å²) in [6, 6.07) is 18.5. The molecule has 1 aliphatic rings. The van der Waals surface area contributed by atoms with E-state index in [2.05, 4.69) is 45.9 Å². The summed E-state index contributed by atoms with van der Waals surface area (Å²) in [5, 5.41) is 9.89. The third-order valence-electron chi connectivity index (χ3n) is 5.43. The van der Waals surface area contributed by atoms with Gasteiger partial charge in [-0.25, -0.2) is 0 Å². The van der Waals surface area contributed by atoms with Crippen molar-refractivity contribution in [1.82, 2.24) is 15.5 Å². The molecule has 2 amide bonds. The number of carbonyl (C=O) groups is 2. The molecule has 1 aromatic heterocycles. The Labute approximate surface area is 174 Å². The van der Waals surface area contributed by atoms with Crippen molar-refractivity contribution in [2.45, 2.75) is 25.4 Å². The number of hydrogen-bond acceptors (Lipinski definition) is 4. The average Bonchev–Trinajstić information content (AvgIpc) is 3.46. The van der Waals surface area contributed by atoms with Gasteiger partial charge in [0.15, 0.2) is 0 Å². The fraction of sp³-hybridized carbons (Fsp3) is 0.304. The lowest BCUT2D eigenvalue weighted by molar-refractivity contribution is -0.139. The summed E-state index contributed by atoms with van der Waals surface area (Å²) in [6.45, 7) is 2.81. The Morgan fingerprint density at radius 3 is 2.48 bits per heavy atom. The van der Waals surface area contributed by atoms with Crippen molar-refractivity contribution in [3.05, 3.63) is 70.4 Å². The van der Waals surface area contributed by atoms with Gasteiger partial charge in [0.2, 0.25) is 0 Å². The molecule has 1 saturated heterocycles. The van der Waals surface area contributed by atoms with Gasteiger partial charge in [-0.3, -0.25) is 14.5 Å². The second kappa shape index (κ2) is 9.20. The van der Waals surface area contributed by atoms with Gasteiger partial charge in [0, 0.05) is 11.4 Å². The Hall–Kier alpha value is -2.70. The minimum absolute atomic E-state index is 0.0534. The topological polar surface area (TPSA) is 61.4 Å². The predicted octanol–water partition coefficient (Wildman–Crippen LogP) is 3.47. The smallest absolute Gasteiger partial charge is 0.309 e. The van der Waals surface area contributed by atoms with Crippen LogP contribution >= 0.6 is 11.3 Å². The van der Waals surface area contributed by atoms with Crippen molar-refractivity contribution in [2.24, 2.45) is 0 Å². The summed E-state index contributed by atoms with van der Waals surface area (Å²) < 4.78 is 0. The first kappa shape index (κ1) is 19.6. The van der Waals surface area contributed by atoms with Crippen molar-refractivity contribution < 1.29 is 9.59 Å². The Balaban J connectivity index is 1.46. The van der Waals surface area contributed by atoms with E-state index in [1.807, 2.05) is 29.6 Å².